The van der Waals surface area contributed by atoms with Gasteiger partial charge in [0.25, 0.3) is 0 Å². The van der Waals surface area contributed by atoms with E-state index < -0.39 is 9.84 Å². The van der Waals surface area contributed by atoms with Gasteiger partial charge in [-0.1, -0.05) is 0 Å². The molecule has 1 saturated heterocycles. The second-order valence-corrected chi connectivity index (χ2v) is 7.89. The third-order valence-corrected chi connectivity index (χ3v) is 5.61. The van der Waals surface area contributed by atoms with Crippen molar-refractivity contribution in [3.8, 4) is 0 Å². The molecular weight excluding hydrogens is 238 g/mol. The van der Waals surface area contributed by atoms with Crippen molar-refractivity contribution in [1.29, 1.82) is 0 Å². The van der Waals surface area contributed by atoms with E-state index >= 15 is 0 Å². The lowest BCUT2D eigenvalue weighted by Crippen LogP contribution is -2.33. The fourth-order valence-corrected chi connectivity index (χ4v) is 3.11. The van der Waals surface area contributed by atoms with Crippen molar-refractivity contribution in [2.75, 3.05) is 25.4 Å². The number of rotatable bonds is 4. The number of hydrogen-bond donors (Lipinski definition) is 0. The van der Waals surface area contributed by atoms with E-state index in [9.17, 15) is 8.42 Å². The molecule has 17 heavy (non-hydrogen) atoms. The molecule has 0 aromatic carbocycles. The van der Waals surface area contributed by atoms with Gasteiger partial charge in [-0.2, -0.15) is 0 Å². The van der Waals surface area contributed by atoms with E-state index in [2.05, 4.69) is 18.7 Å². The van der Waals surface area contributed by atoms with Crippen molar-refractivity contribution < 1.29 is 13.2 Å². The van der Waals surface area contributed by atoms with Gasteiger partial charge in [0.15, 0.2) is 9.84 Å². The first-order valence-electron chi connectivity index (χ1n) is 6.40. The maximum Gasteiger partial charge on any atom is 0.155 e. The minimum Gasteiger partial charge on any atom is -0.376 e. The molecule has 102 valence electrons. The van der Waals surface area contributed by atoms with Crippen LogP contribution in [0, 0.1) is 0 Å². The maximum absolute atomic E-state index is 11.8. The van der Waals surface area contributed by atoms with Crippen LogP contribution in [0.2, 0.25) is 0 Å². The van der Waals surface area contributed by atoms with Gasteiger partial charge < -0.3 is 4.74 Å². The van der Waals surface area contributed by atoms with E-state index in [0.29, 0.717) is 12.6 Å². The normalized spacial score (nSPS) is 24.2. The molecule has 0 bridgehead atoms. The molecule has 0 N–H and O–H groups in total. The standard InChI is InChI=1S/C12H25NO3S/c1-10(2)13-6-5-12(16-8-7-13)9-17(14,15)11(3)4/h10-12H,5-9H2,1-4H3. The van der Waals surface area contributed by atoms with E-state index in [4.69, 9.17) is 4.74 Å². The second-order valence-electron chi connectivity index (χ2n) is 5.29. The van der Waals surface area contributed by atoms with Crippen LogP contribution in [0.15, 0.2) is 0 Å². The van der Waals surface area contributed by atoms with Crippen molar-refractivity contribution in [3.05, 3.63) is 0 Å². The zero-order valence-corrected chi connectivity index (χ0v) is 12.2. The lowest BCUT2D eigenvalue weighted by Gasteiger charge is -2.23. The van der Waals surface area contributed by atoms with E-state index in [1.165, 1.54) is 0 Å². The maximum atomic E-state index is 11.8. The van der Waals surface area contributed by atoms with Gasteiger partial charge in [-0.15, -0.1) is 0 Å². The summed E-state index contributed by atoms with van der Waals surface area (Å²) in [5, 5.41) is -0.310. The predicted molar refractivity (Wildman–Crippen MR) is 70.0 cm³/mol. The Labute approximate surface area is 105 Å². The Kier molecular flexibility index (Phi) is 5.41. The van der Waals surface area contributed by atoms with Crippen molar-refractivity contribution in [2.45, 2.75) is 51.5 Å². The van der Waals surface area contributed by atoms with E-state index in [1.54, 1.807) is 13.8 Å². The Bertz CT molecular complexity index is 325. The van der Waals surface area contributed by atoms with Gasteiger partial charge in [0, 0.05) is 19.1 Å². The van der Waals surface area contributed by atoms with Crippen molar-refractivity contribution in [3.63, 3.8) is 0 Å². The van der Waals surface area contributed by atoms with Gasteiger partial charge in [-0.25, -0.2) is 8.42 Å². The summed E-state index contributed by atoms with van der Waals surface area (Å²) in [6.07, 6.45) is 0.676. The summed E-state index contributed by atoms with van der Waals surface area (Å²) in [4.78, 5) is 2.34. The monoisotopic (exact) mass is 263 g/mol. The van der Waals surface area contributed by atoms with Crippen LogP contribution >= 0.6 is 0 Å². The highest BCUT2D eigenvalue weighted by Crippen LogP contribution is 2.13. The smallest absolute Gasteiger partial charge is 0.155 e. The van der Waals surface area contributed by atoms with Gasteiger partial charge in [-0.05, 0) is 34.1 Å². The fourth-order valence-electron chi connectivity index (χ4n) is 1.94. The third kappa shape index (κ3) is 4.56. The minimum atomic E-state index is -3.00. The molecule has 1 aliphatic rings. The molecule has 4 nitrogen and oxygen atoms in total. The lowest BCUT2D eigenvalue weighted by atomic mass is 10.2. The van der Waals surface area contributed by atoms with E-state index in [0.717, 1.165) is 19.5 Å². The fraction of sp³-hybridized carbons (Fsp3) is 1.00. The van der Waals surface area contributed by atoms with Crippen LogP contribution < -0.4 is 0 Å². The van der Waals surface area contributed by atoms with Gasteiger partial charge >= 0.3 is 0 Å². The molecule has 0 aliphatic carbocycles. The number of hydrogen-bond acceptors (Lipinski definition) is 4. The SMILES string of the molecule is CC(C)N1CCOC(CS(=O)(=O)C(C)C)CC1. The van der Waals surface area contributed by atoms with E-state index in [-0.39, 0.29) is 17.1 Å². The van der Waals surface area contributed by atoms with Crippen molar-refractivity contribution in [2.24, 2.45) is 0 Å². The average Bonchev–Trinajstić information content (AvgIpc) is 2.42. The van der Waals surface area contributed by atoms with Crippen LogP contribution in [0.1, 0.15) is 34.1 Å². The van der Waals surface area contributed by atoms with Gasteiger partial charge in [-0.3, -0.25) is 4.90 Å². The highest BCUT2D eigenvalue weighted by molar-refractivity contribution is 7.92. The molecule has 1 aliphatic heterocycles. The topological polar surface area (TPSA) is 46.6 Å². The van der Waals surface area contributed by atoms with Crippen LogP contribution in [0.3, 0.4) is 0 Å². The highest BCUT2D eigenvalue weighted by Gasteiger charge is 2.26. The zero-order valence-electron chi connectivity index (χ0n) is 11.3. The Morgan fingerprint density at radius 3 is 2.41 bits per heavy atom. The molecule has 1 heterocycles. The van der Waals surface area contributed by atoms with Crippen LogP contribution in [0.5, 0.6) is 0 Å². The molecule has 5 heteroatoms. The van der Waals surface area contributed by atoms with Gasteiger partial charge in [0.2, 0.25) is 0 Å². The Morgan fingerprint density at radius 2 is 1.88 bits per heavy atom. The molecule has 0 aromatic heterocycles. The summed E-state index contributed by atoms with van der Waals surface area (Å²) in [7, 11) is -3.00. The van der Waals surface area contributed by atoms with Crippen LogP contribution in [-0.4, -0.2) is 56.2 Å². The molecule has 1 atom stereocenters. The molecule has 0 saturated carbocycles. The largest absolute Gasteiger partial charge is 0.376 e. The van der Waals surface area contributed by atoms with Gasteiger partial charge in [0.05, 0.1) is 23.7 Å². The lowest BCUT2D eigenvalue weighted by molar-refractivity contribution is 0.0756. The molecule has 1 unspecified atom stereocenters. The average molecular weight is 263 g/mol. The summed E-state index contributed by atoms with van der Waals surface area (Å²) in [6, 6.07) is 0.499. The molecule has 0 amide bonds. The first-order chi connectivity index (χ1) is 7.83. The molecule has 0 aromatic rings. The summed E-state index contributed by atoms with van der Waals surface area (Å²) in [6.45, 7) is 10.2. The molecule has 0 radical (unpaired) electrons. The third-order valence-electron chi connectivity index (χ3n) is 3.34. The minimum absolute atomic E-state index is 0.133. The summed E-state index contributed by atoms with van der Waals surface area (Å²) >= 11 is 0. The highest BCUT2D eigenvalue weighted by atomic mass is 32.2. The Hall–Kier alpha value is -0.130. The van der Waals surface area contributed by atoms with Crippen LogP contribution in [0.25, 0.3) is 0 Å². The molecule has 1 rings (SSSR count). The van der Waals surface area contributed by atoms with Crippen LogP contribution in [0.4, 0.5) is 0 Å². The van der Waals surface area contributed by atoms with Crippen molar-refractivity contribution >= 4 is 9.84 Å². The first-order valence-corrected chi connectivity index (χ1v) is 8.11. The van der Waals surface area contributed by atoms with Crippen molar-refractivity contribution in [1.82, 2.24) is 4.90 Å². The predicted octanol–water partition coefficient (Wildman–Crippen LogP) is 1.31. The van der Waals surface area contributed by atoms with Gasteiger partial charge in [0.1, 0.15) is 0 Å². The number of ether oxygens (including phenoxy) is 1. The zero-order chi connectivity index (χ0) is 13.1. The molecule has 1 fully saturated rings. The molecular formula is C12H25NO3S. The number of nitrogens with zero attached hydrogens (tertiary/aromatic N) is 1. The molecule has 0 spiro atoms. The van der Waals surface area contributed by atoms with E-state index in [1.807, 2.05) is 0 Å². The summed E-state index contributed by atoms with van der Waals surface area (Å²) in [5.74, 6) is 0.163. The Morgan fingerprint density at radius 1 is 1.24 bits per heavy atom. The number of sulfone groups is 1. The van der Waals surface area contributed by atoms with Crippen LogP contribution in [-0.2, 0) is 14.6 Å². The quantitative estimate of drug-likeness (QED) is 0.767. The Balaban J connectivity index is 2.53. The first kappa shape index (κ1) is 14.9. The second kappa shape index (κ2) is 6.16. The summed E-state index contributed by atoms with van der Waals surface area (Å²) in [5.41, 5.74) is 0. The summed E-state index contributed by atoms with van der Waals surface area (Å²) < 4.78 is 29.3.